The van der Waals surface area contributed by atoms with E-state index in [0.29, 0.717) is 0 Å². The summed E-state index contributed by atoms with van der Waals surface area (Å²) in [5, 5.41) is 3.57. The summed E-state index contributed by atoms with van der Waals surface area (Å²) in [4.78, 5) is 0. The first-order valence-electron chi connectivity index (χ1n) is 4.30. The average Bonchev–Trinajstić information content (AvgIpc) is 2.58. The molecule has 0 fully saturated rings. The highest BCUT2D eigenvalue weighted by Gasteiger charge is 2.01. The molecule has 0 atom stereocenters. The van der Waals surface area contributed by atoms with E-state index < -0.39 is 0 Å². The van der Waals surface area contributed by atoms with E-state index in [1.54, 1.807) is 11.3 Å². The van der Waals surface area contributed by atoms with Crippen molar-refractivity contribution in [1.82, 2.24) is 5.43 Å². The van der Waals surface area contributed by atoms with Gasteiger partial charge in [-0.25, -0.2) is 0 Å². The van der Waals surface area contributed by atoms with Crippen LogP contribution in [0, 0.1) is 0 Å². The summed E-state index contributed by atoms with van der Waals surface area (Å²) in [7, 11) is 0. The van der Waals surface area contributed by atoms with Crippen molar-refractivity contribution in [2.45, 2.75) is 6.42 Å². The van der Waals surface area contributed by atoms with Gasteiger partial charge in [-0.05, 0) is 28.8 Å². The largest absolute Gasteiger partial charge is 0.271 e. The van der Waals surface area contributed by atoms with Crippen LogP contribution >= 0.6 is 11.3 Å². The first-order valence-corrected chi connectivity index (χ1v) is 5.18. The Balaban J connectivity index is 2.35. The molecule has 1 heterocycles. The third-order valence-electron chi connectivity index (χ3n) is 2.10. The number of hydrogen-bond acceptors (Lipinski definition) is 3. The second-order valence-electron chi connectivity index (χ2n) is 2.96. The third kappa shape index (κ3) is 1.72. The van der Waals surface area contributed by atoms with Crippen molar-refractivity contribution in [2.24, 2.45) is 5.84 Å². The zero-order valence-corrected chi connectivity index (χ0v) is 8.10. The topological polar surface area (TPSA) is 38.0 Å². The van der Waals surface area contributed by atoms with Crippen LogP contribution in [0.3, 0.4) is 0 Å². The Hall–Kier alpha value is -0.900. The van der Waals surface area contributed by atoms with Crippen molar-refractivity contribution in [3.63, 3.8) is 0 Å². The van der Waals surface area contributed by atoms with E-state index in [1.165, 1.54) is 15.6 Å². The van der Waals surface area contributed by atoms with Gasteiger partial charge >= 0.3 is 0 Å². The first kappa shape index (κ1) is 8.69. The summed E-state index contributed by atoms with van der Waals surface area (Å²) in [6, 6.07) is 8.47. The molecule has 2 nitrogen and oxygen atoms in total. The van der Waals surface area contributed by atoms with Gasteiger partial charge in [0.25, 0.3) is 0 Å². The summed E-state index contributed by atoms with van der Waals surface area (Å²) >= 11 is 1.80. The Morgan fingerprint density at radius 1 is 1.31 bits per heavy atom. The number of nitrogens with two attached hydrogens (primary N) is 1. The lowest BCUT2D eigenvalue weighted by Gasteiger charge is -1.97. The van der Waals surface area contributed by atoms with Gasteiger partial charge in [-0.1, -0.05) is 18.2 Å². The molecular formula is C10H12N2S. The summed E-state index contributed by atoms with van der Waals surface area (Å²) in [6.07, 6.45) is 1.00. The van der Waals surface area contributed by atoms with Crippen LogP contribution in [0.15, 0.2) is 29.6 Å². The zero-order chi connectivity index (χ0) is 9.10. The number of hydrazine groups is 1. The molecule has 0 bridgehead atoms. The minimum absolute atomic E-state index is 0.834. The summed E-state index contributed by atoms with van der Waals surface area (Å²) in [6.45, 7) is 0.834. The fraction of sp³-hybridized carbons (Fsp3) is 0.200. The molecule has 3 heteroatoms. The minimum atomic E-state index is 0.834. The van der Waals surface area contributed by atoms with Crippen LogP contribution in [0.5, 0.6) is 0 Å². The van der Waals surface area contributed by atoms with Gasteiger partial charge in [0, 0.05) is 11.2 Å². The van der Waals surface area contributed by atoms with Crippen LogP contribution in [-0.2, 0) is 6.42 Å². The van der Waals surface area contributed by atoms with Gasteiger partial charge in [-0.15, -0.1) is 11.3 Å². The molecule has 0 aliphatic rings. The van der Waals surface area contributed by atoms with E-state index >= 15 is 0 Å². The Kier molecular flexibility index (Phi) is 2.59. The second-order valence-corrected chi connectivity index (χ2v) is 3.87. The van der Waals surface area contributed by atoms with Crippen molar-refractivity contribution in [3.8, 4) is 0 Å². The van der Waals surface area contributed by atoms with Gasteiger partial charge in [0.1, 0.15) is 0 Å². The lowest BCUT2D eigenvalue weighted by atomic mass is 10.1. The molecule has 2 rings (SSSR count). The average molecular weight is 192 g/mol. The predicted octanol–water partition coefficient (Wildman–Crippen LogP) is 1.91. The van der Waals surface area contributed by atoms with Crippen LogP contribution in [0.25, 0.3) is 10.1 Å². The molecule has 2 aromatic rings. The number of rotatable bonds is 3. The molecule has 0 radical (unpaired) electrons. The highest BCUT2D eigenvalue weighted by molar-refractivity contribution is 7.17. The van der Waals surface area contributed by atoms with Crippen molar-refractivity contribution in [3.05, 3.63) is 35.2 Å². The van der Waals surface area contributed by atoms with Crippen LogP contribution in [-0.4, -0.2) is 6.54 Å². The lowest BCUT2D eigenvalue weighted by molar-refractivity contribution is 0.731. The molecule has 0 amide bonds. The van der Waals surface area contributed by atoms with E-state index in [9.17, 15) is 0 Å². The summed E-state index contributed by atoms with van der Waals surface area (Å²) < 4.78 is 1.36. The number of fused-ring (bicyclic) bond motifs is 1. The quantitative estimate of drug-likeness (QED) is 0.576. The van der Waals surface area contributed by atoms with E-state index in [0.717, 1.165) is 13.0 Å². The van der Waals surface area contributed by atoms with Gasteiger partial charge in [0.15, 0.2) is 0 Å². The van der Waals surface area contributed by atoms with E-state index in [1.807, 2.05) is 0 Å². The molecule has 0 aliphatic heterocycles. The van der Waals surface area contributed by atoms with Crippen LogP contribution in [0.4, 0.5) is 0 Å². The zero-order valence-electron chi connectivity index (χ0n) is 7.29. The van der Waals surface area contributed by atoms with Crippen LogP contribution in [0.2, 0.25) is 0 Å². The highest BCUT2D eigenvalue weighted by Crippen LogP contribution is 2.25. The molecule has 0 saturated carbocycles. The number of benzene rings is 1. The van der Waals surface area contributed by atoms with E-state index in [2.05, 4.69) is 35.1 Å². The Morgan fingerprint density at radius 3 is 3.00 bits per heavy atom. The molecule has 0 aliphatic carbocycles. The van der Waals surface area contributed by atoms with Crippen molar-refractivity contribution in [1.29, 1.82) is 0 Å². The second kappa shape index (κ2) is 3.87. The minimum Gasteiger partial charge on any atom is -0.271 e. The SMILES string of the molecule is NNCCc1csc2ccccc12. The number of nitrogens with one attached hydrogen (secondary N) is 1. The molecule has 1 aromatic carbocycles. The molecular weight excluding hydrogens is 180 g/mol. The number of hydrogen-bond donors (Lipinski definition) is 2. The molecule has 1 aromatic heterocycles. The normalized spacial score (nSPS) is 10.8. The van der Waals surface area contributed by atoms with Crippen LogP contribution in [0.1, 0.15) is 5.56 Å². The Morgan fingerprint density at radius 2 is 2.15 bits per heavy atom. The lowest BCUT2D eigenvalue weighted by Crippen LogP contribution is -2.24. The summed E-state index contributed by atoms with van der Waals surface area (Å²) in [5.41, 5.74) is 4.06. The summed E-state index contributed by atoms with van der Waals surface area (Å²) in [5.74, 6) is 5.24. The molecule has 13 heavy (non-hydrogen) atoms. The van der Waals surface area contributed by atoms with Gasteiger partial charge in [0.2, 0.25) is 0 Å². The number of thiophene rings is 1. The van der Waals surface area contributed by atoms with Crippen molar-refractivity contribution >= 4 is 21.4 Å². The Bertz CT molecular complexity index is 394. The van der Waals surface area contributed by atoms with Crippen LogP contribution < -0.4 is 11.3 Å². The molecule has 0 spiro atoms. The molecule has 68 valence electrons. The smallest absolute Gasteiger partial charge is 0.0345 e. The fourth-order valence-electron chi connectivity index (χ4n) is 1.43. The maximum Gasteiger partial charge on any atom is 0.0345 e. The van der Waals surface area contributed by atoms with Gasteiger partial charge in [0.05, 0.1) is 0 Å². The van der Waals surface area contributed by atoms with E-state index in [4.69, 9.17) is 5.84 Å². The molecule has 3 N–H and O–H groups in total. The molecule has 0 saturated heterocycles. The first-order chi connectivity index (χ1) is 6.42. The maximum absolute atomic E-state index is 5.24. The van der Waals surface area contributed by atoms with Gasteiger partial charge in [-0.3, -0.25) is 11.3 Å². The fourth-order valence-corrected chi connectivity index (χ4v) is 2.43. The Labute approximate surface area is 81.3 Å². The monoisotopic (exact) mass is 192 g/mol. The highest BCUT2D eigenvalue weighted by atomic mass is 32.1. The third-order valence-corrected chi connectivity index (χ3v) is 3.11. The maximum atomic E-state index is 5.24. The van der Waals surface area contributed by atoms with E-state index in [-0.39, 0.29) is 0 Å². The molecule has 0 unspecified atom stereocenters. The van der Waals surface area contributed by atoms with Crippen molar-refractivity contribution in [2.75, 3.05) is 6.54 Å². The standard InChI is InChI=1S/C10H12N2S/c11-12-6-5-8-7-13-10-4-2-1-3-9(8)10/h1-4,7,12H,5-6,11H2. The van der Waals surface area contributed by atoms with Gasteiger partial charge in [-0.2, -0.15) is 0 Å². The predicted molar refractivity (Wildman–Crippen MR) is 57.7 cm³/mol. The van der Waals surface area contributed by atoms with Crippen molar-refractivity contribution < 1.29 is 0 Å². The van der Waals surface area contributed by atoms with Gasteiger partial charge < -0.3 is 0 Å².